The van der Waals surface area contributed by atoms with Crippen molar-refractivity contribution in [1.29, 1.82) is 0 Å². The summed E-state index contributed by atoms with van der Waals surface area (Å²) < 4.78 is 0. The number of quaternary nitrogens is 1. The maximum absolute atomic E-state index is 3.70. The monoisotopic (exact) mass is 126 g/mol. The molecule has 0 spiro atoms. The molecular weight excluding hydrogens is 118 g/mol. The van der Waals surface area contributed by atoms with Gasteiger partial charge in [-0.05, 0) is 0 Å². The molecule has 9 heavy (non-hydrogen) atoms. The van der Waals surface area contributed by atoms with Crippen LogP contribution in [0.15, 0.2) is 6.33 Å². The smallest absolute Gasteiger partial charge is 0.179 e. The van der Waals surface area contributed by atoms with Gasteiger partial charge in [0.1, 0.15) is 0 Å². The van der Waals surface area contributed by atoms with Gasteiger partial charge in [0.2, 0.25) is 0 Å². The highest BCUT2D eigenvalue weighted by atomic mass is 15.3. The maximum Gasteiger partial charge on any atom is 0.179 e. The fraction of sp³-hybridized carbons (Fsp3) is 0.500. The first-order valence-electron chi connectivity index (χ1n) is 2.72. The average molecular weight is 126 g/mol. The van der Waals surface area contributed by atoms with Crippen LogP contribution in [0.2, 0.25) is 0 Å². The van der Waals surface area contributed by atoms with Crippen LogP contribution in [0.1, 0.15) is 5.82 Å². The lowest BCUT2D eigenvalue weighted by atomic mass is 10.4. The molecule has 5 heteroatoms. The second kappa shape index (κ2) is 3.03. The van der Waals surface area contributed by atoms with Gasteiger partial charge >= 0.3 is 0 Å². The molecule has 5 nitrogen and oxygen atoms in total. The van der Waals surface area contributed by atoms with E-state index in [0.29, 0.717) is 5.82 Å². The van der Waals surface area contributed by atoms with E-state index in [9.17, 15) is 0 Å². The lowest BCUT2D eigenvalue weighted by Gasteiger charge is -1.87. The van der Waals surface area contributed by atoms with Crippen LogP contribution in [-0.2, 0) is 6.42 Å². The van der Waals surface area contributed by atoms with Gasteiger partial charge in [0.05, 0.1) is 13.0 Å². The van der Waals surface area contributed by atoms with Gasteiger partial charge in [-0.25, -0.2) is 0 Å². The van der Waals surface area contributed by atoms with Crippen LogP contribution in [0.5, 0.6) is 0 Å². The number of rotatable bonds is 2. The summed E-state index contributed by atoms with van der Waals surface area (Å²) in [7, 11) is 0. The summed E-state index contributed by atoms with van der Waals surface area (Å²) in [5, 5.41) is 14.5. The van der Waals surface area contributed by atoms with Crippen LogP contribution >= 0.6 is 0 Å². The Morgan fingerprint density at radius 1 is 1.33 bits per heavy atom. The van der Waals surface area contributed by atoms with Crippen LogP contribution in [0.3, 0.4) is 0 Å². The molecule has 48 valence electrons. The van der Waals surface area contributed by atoms with Gasteiger partial charge in [-0.1, -0.05) is 0 Å². The van der Waals surface area contributed by atoms with Crippen molar-refractivity contribution in [2.45, 2.75) is 6.42 Å². The van der Waals surface area contributed by atoms with E-state index in [2.05, 4.69) is 26.1 Å². The topological polar surface area (TPSA) is 79.2 Å². The molecule has 0 amide bonds. The van der Waals surface area contributed by atoms with Gasteiger partial charge in [0.15, 0.2) is 12.2 Å². The first-order valence-corrected chi connectivity index (χ1v) is 2.72. The van der Waals surface area contributed by atoms with Crippen LogP contribution in [0.4, 0.5) is 0 Å². The molecule has 0 unspecified atom stereocenters. The van der Waals surface area contributed by atoms with Gasteiger partial charge in [-0.3, -0.25) is 0 Å². The Balaban J connectivity index is 2.61. The van der Waals surface area contributed by atoms with E-state index in [1.165, 1.54) is 6.33 Å². The van der Waals surface area contributed by atoms with Crippen molar-refractivity contribution < 1.29 is 5.73 Å². The molecule has 0 aliphatic heterocycles. The van der Waals surface area contributed by atoms with Gasteiger partial charge in [-0.15, -0.1) is 20.4 Å². The van der Waals surface area contributed by atoms with Crippen LogP contribution < -0.4 is 5.73 Å². The second-order valence-corrected chi connectivity index (χ2v) is 1.57. The number of nitrogens with zero attached hydrogens (tertiary/aromatic N) is 4. The van der Waals surface area contributed by atoms with Crippen LogP contribution in [0, 0.1) is 0 Å². The standard InChI is InChI=1S/C4H7N5/c5-2-1-4-8-6-3-7-9-4/h3H,1-2,5H2/p+1. The molecule has 0 saturated carbocycles. The average Bonchev–Trinajstić information content (AvgIpc) is 1.91. The second-order valence-electron chi connectivity index (χ2n) is 1.57. The van der Waals surface area contributed by atoms with Crippen molar-refractivity contribution in [1.82, 2.24) is 20.4 Å². The van der Waals surface area contributed by atoms with Gasteiger partial charge < -0.3 is 5.73 Å². The van der Waals surface area contributed by atoms with Gasteiger partial charge in [0.25, 0.3) is 0 Å². The van der Waals surface area contributed by atoms with E-state index in [4.69, 9.17) is 0 Å². The third-order valence-electron chi connectivity index (χ3n) is 0.850. The highest BCUT2D eigenvalue weighted by Gasteiger charge is 1.92. The molecule has 0 radical (unpaired) electrons. The molecule has 3 N–H and O–H groups in total. The van der Waals surface area contributed by atoms with Gasteiger partial charge in [0, 0.05) is 0 Å². The fourth-order valence-electron chi connectivity index (χ4n) is 0.486. The van der Waals surface area contributed by atoms with E-state index in [1.54, 1.807) is 0 Å². The third-order valence-corrected chi connectivity index (χ3v) is 0.850. The molecule has 1 aromatic rings. The van der Waals surface area contributed by atoms with E-state index in [-0.39, 0.29) is 0 Å². The lowest BCUT2D eigenvalue weighted by molar-refractivity contribution is -0.366. The van der Waals surface area contributed by atoms with E-state index >= 15 is 0 Å². The Hall–Kier alpha value is -1.10. The normalized spacial score (nSPS) is 9.44. The summed E-state index contributed by atoms with van der Waals surface area (Å²) >= 11 is 0. The molecule has 0 aliphatic carbocycles. The Kier molecular flexibility index (Phi) is 2.03. The Labute approximate surface area is 52.3 Å². The molecule has 1 aromatic heterocycles. The molecule has 0 fully saturated rings. The largest absolute Gasteiger partial charge is 0.357 e. The van der Waals surface area contributed by atoms with Crippen LogP contribution in [0.25, 0.3) is 0 Å². The molecule has 1 rings (SSSR count). The molecule has 0 aromatic carbocycles. The number of hydrogen-bond donors (Lipinski definition) is 1. The molecule has 1 heterocycles. The minimum atomic E-state index is 0.660. The Bertz CT molecular complexity index is 162. The Morgan fingerprint density at radius 3 is 2.56 bits per heavy atom. The summed E-state index contributed by atoms with van der Waals surface area (Å²) in [4.78, 5) is 0. The van der Waals surface area contributed by atoms with E-state index in [0.717, 1.165) is 13.0 Å². The van der Waals surface area contributed by atoms with Crippen molar-refractivity contribution in [2.75, 3.05) is 6.54 Å². The number of aromatic nitrogens is 4. The highest BCUT2D eigenvalue weighted by Crippen LogP contribution is 1.78. The summed E-state index contributed by atoms with van der Waals surface area (Å²) in [5.41, 5.74) is 3.65. The quantitative estimate of drug-likeness (QED) is 0.499. The van der Waals surface area contributed by atoms with Crippen LogP contribution in [-0.4, -0.2) is 26.9 Å². The lowest BCUT2D eigenvalue weighted by Crippen LogP contribution is -2.51. The molecule has 0 aliphatic rings. The van der Waals surface area contributed by atoms with E-state index in [1.807, 2.05) is 0 Å². The zero-order valence-corrected chi connectivity index (χ0v) is 4.99. The SMILES string of the molecule is [NH3+]CCc1nncnn1. The van der Waals surface area contributed by atoms with Crippen molar-refractivity contribution in [3.05, 3.63) is 12.2 Å². The first kappa shape index (κ1) is 6.03. The molecule has 0 atom stereocenters. The molecule has 0 saturated heterocycles. The zero-order valence-electron chi connectivity index (χ0n) is 4.99. The maximum atomic E-state index is 3.70. The predicted octanol–water partition coefficient (Wildman–Crippen LogP) is -1.95. The highest BCUT2D eigenvalue weighted by molar-refractivity contribution is 4.74. The minimum absolute atomic E-state index is 0.660. The minimum Gasteiger partial charge on any atom is -0.357 e. The Morgan fingerprint density at radius 2 is 2.00 bits per heavy atom. The fourth-order valence-corrected chi connectivity index (χ4v) is 0.486. The summed E-state index contributed by atoms with van der Waals surface area (Å²) in [5.74, 6) is 0.660. The van der Waals surface area contributed by atoms with Crippen molar-refractivity contribution in [2.24, 2.45) is 0 Å². The van der Waals surface area contributed by atoms with Gasteiger partial charge in [-0.2, -0.15) is 0 Å². The number of hydrogen-bond acceptors (Lipinski definition) is 4. The van der Waals surface area contributed by atoms with E-state index < -0.39 is 0 Å². The predicted molar refractivity (Wildman–Crippen MR) is 29.1 cm³/mol. The zero-order chi connectivity index (χ0) is 6.53. The summed E-state index contributed by atoms with van der Waals surface area (Å²) in [6, 6.07) is 0. The first-order chi connectivity index (χ1) is 4.43. The summed E-state index contributed by atoms with van der Waals surface area (Å²) in [6.45, 7) is 0.785. The molecular formula is C4H8N5+. The third kappa shape index (κ3) is 1.69. The van der Waals surface area contributed by atoms with Crippen molar-refractivity contribution >= 4 is 0 Å². The van der Waals surface area contributed by atoms with Crippen molar-refractivity contribution in [3.63, 3.8) is 0 Å². The van der Waals surface area contributed by atoms with Crippen molar-refractivity contribution in [3.8, 4) is 0 Å². The molecule has 0 bridgehead atoms. The summed E-state index contributed by atoms with van der Waals surface area (Å²) in [6.07, 6.45) is 2.06.